The van der Waals surface area contributed by atoms with Crippen LogP contribution in [0.15, 0.2) is 62.9 Å². The minimum absolute atomic E-state index is 0.0605. The van der Waals surface area contributed by atoms with Crippen molar-refractivity contribution in [1.29, 1.82) is 0 Å². The molecule has 3 rings (SSSR count). The first-order valence-corrected chi connectivity index (χ1v) is 9.93. The molecule has 0 atom stereocenters. The fourth-order valence-electron chi connectivity index (χ4n) is 2.86. The molecule has 1 heterocycles. The second-order valence-electron chi connectivity index (χ2n) is 7.00. The maximum Gasteiger partial charge on any atom is 0.265 e. The number of nitrogens with zero attached hydrogens (tertiary/aromatic N) is 4. The van der Waals surface area contributed by atoms with E-state index in [1.165, 1.54) is 11.5 Å². The van der Waals surface area contributed by atoms with E-state index in [9.17, 15) is 9.90 Å². The van der Waals surface area contributed by atoms with Gasteiger partial charge in [0.15, 0.2) is 0 Å². The van der Waals surface area contributed by atoms with Crippen LogP contribution in [-0.4, -0.2) is 34.6 Å². The number of benzene rings is 2. The van der Waals surface area contributed by atoms with Gasteiger partial charge in [-0.2, -0.15) is 5.11 Å². The first-order chi connectivity index (χ1) is 13.4. The molecule has 2 aromatic carbocycles. The van der Waals surface area contributed by atoms with E-state index in [0.29, 0.717) is 11.4 Å². The number of aromatic hydroxyl groups is 1. The molecule has 0 aliphatic heterocycles. The SMILES string of the molecule is Cc1ccc(O)c(N=Nc2cc(CCCN(C)C)cc(-n3sccc3=O)c2)c1. The third-order valence-electron chi connectivity index (χ3n) is 4.25. The molecule has 1 N–H and O–H groups in total. The fourth-order valence-corrected chi connectivity index (χ4v) is 3.55. The Balaban J connectivity index is 1.94. The molecule has 146 valence electrons. The summed E-state index contributed by atoms with van der Waals surface area (Å²) in [6.45, 7) is 2.92. The predicted octanol–water partition coefficient (Wildman–Crippen LogP) is 4.82. The highest BCUT2D eigenvalue weighted by Gasteiger charge is 2.07. The maximum absolute atomic E-state index is 12.1. The molecular formula is C21H24N4O2S. The van der Waals surface area contributed by atoms with Gasteiger partial charge in [0, 0.05) is 11.4 Å². The molecule has 1 aromatic heterocycles. The molecule has 0 amide bonds. The van der Waals surface area contributed by atoms with Crippen LogP contribution in [0.25, 0.3) is 5.69 Å². The van der Waals surface area contributed by atoms with Crippen molar-refractivity contribution in [2.75, 3.05) is 20.6 Å². The monoisotopic (exact) mass is 396 g/mol. The van der Waals surface area contributed by atoms with Crippen LogP contribution < -0.4 is 5.56 Å². The molecule has 6 nitrogen and oxygen atoms in total. The first kappa shape index (κ1) is 20.0. The van der Waals surface area contributed by atoms with Gasteiger partial charge in [-0.3, -0.25) is 4.79 Å². The summed E-state index contributed by atoms with van der Waals surface area (Å²) in [5, 5.41) is 20.3. The van der Waals surface area contributed by atoms with Crippen molar-refractivity contribution in [2.24, 2.45) is 10.2 Å². The number of rotatable bonds is 7. The zero-order chi connectivity index (χ0) is 20.1. The molecular weight excluding hydrogens is 372 g/mol. The lowest BCUT2D eigenvalue weighted by molar-refractivity contribution is 0.400. The van der Waals surface area contributed by atoms with Crippen molar-refractivity contribution in [2.45, 2.75) is 19.8 Å². The number of hydrogen-bond donors (Lipinski definition) is 1. The molecule has 3 aromatic rings. The molecule has 0 bridgehead atoms. The molecule has 0 aliphatic carbocycles. The summed E-state index contributed by atoms with van der Waals surface area (Å²) >= 11 is 1.35. The first-order valence-electron chi connectivity index (χ1n) is 9.10. The van der Waals surface area contributed by atoms with Crippen molar-refractivity contribution in [3.63, 3.8) is 0 Å². The summed E-state index contributed by atoms with van der Waals surface area (Å²) in [6, 6.07) is 12.6. The normalized spacial score (nSPS) is 11.6. The van der Waals surface area contributed by atoms with Gasteiger partial charge < -0.3 is 10.0 Å². The van der Waals surface area contributed by atoms with Crippen molar-refractivity contribution < 1.29 is 5.11 Å². The lowest BCUT2D eigenvalue weighted by Crippen LogP contribution is -2.13. The van der Waals surface area contributed by atoms with Crippen LogP contribution in [0.1, 0.15) is 17.5 Å². The van der Waals surface area contributed by atoms with Gasteiger partial charge in [0.1, 0.15) is 11.4 Å². The van der Waals surface area contributed by atoms with Crippen LogP contribution in [-0.2, 0) is 6.42 Å². The van der Waals surface area contributed by atoms with Crippen LogP contribution in [0.3, 0.4) is 0 Å². The molecule has 0 unspecified atom stereocenters. The Morgan fingerprint density at radius 2 is 1.93 bits per heavy atom. The van der Waals surface area contributed by atoms with Gasteiger partial charge in [-0.1, -0.05) is 17.6 Å². The second kappa shape index (κ2) is 8.95. The highest BCUT2D eigenvalue weighted by Crippen LogP contribution is 2.30. The Morgan fingerprint density at radius 3 is 2.64 bits per heavy atom. The molecule has 0 radical (unpaired) electrons. The molecule has 7 heteroatoms. The van der Waals surface area contributed by atoms with E-state index >= 15 is 0 Å². The van der Waals surface area contributed by atoms with E-state index < -0.39 is 0 Å². The zero-order valence-electron chi connectivity index (χ0n) is 16.3. The zero-order valence-corrected chi connectivity index (χ0v) is 17.1. The number of aryl methyl sites for hydroxylation is 2. The van der Waals surface area contributed by atoms with Gasteiger partial charge in [0.2, 0.25) is 0 Å². The van der Waals surface area contributed by atoms with Crippen LogP contribution in [0.5, 0.6) is 5.75 Å². The minimum Gasteiger partial charge on any atom is -0.506 e. The Kier molecular flexibility index (Phi) is 6.38. The number of aromatic nitrogens is 1. The smallest absolute Gasteiger partial charge is 0.265 e. The topological polar surface area (TPSA) is 70.2 Å². The third kappa shape index (κ3) is 5.15. The molecule has 0 saturated heterocycles. The van der Waals surface area contributed by atoms with E-state index in [1.54, 1.807) is 27.5 Å². The van der Waals surface area contributed by atoms with Crippen molar-refractivity contribution >= 4 is 22.9 Å². The average Bonchev–Trinajstić information content (AvgIpc) is 3.08. The molecule has 0 spiro atoms. The van der Waals surface area contributed by atoms with E-state index in [2.05, 4.69) is 29.2 Å². The van der Waals surface area contributed by atoms with Crippen molar-refractivity contribution in [3.8, 4) is 11.4 Å². The lowest BCUT2D eigenvalue weighted by Gasteiger charge is -2.10. The van der Waals surface area contributed by atoms with Crippen LogP contribution in [0.2, 0.25) is 0 Å². The Hall–Kier alpha value is -2.77. The minimum atomic E-state index is -0.0605. The third-order valence-corrected chi connectivity index (χ3v) is 5.11. The lowest BCUT2D eigenvalue weighted by atomic mass is 10.1. The van der Waals surface area contributed by atoms with Crippen LogP contribution in [0.4, 0.5) is 11.4 Å². The Morgan fingerprint density at radius 1 is 1.11 bits per heavy atom. The average molecular weight is 397 g/mol. The Labute approximate surface area is 168 Å². The van der Waals surface area contributed by atoms with E-state index in [4.69, 9.17) is 0 Å². The van der Waals surface area contributed by atoms with Gasteiger partial charge in [-0.05, 0) is 81.9 Å². The fraction of sp³-hybridized carbons (Fsp3) is 0.286. The van der Waals surface area contributed by atoms with Gasteiger partial charge >= 0.3 is 0 Å². The summed E-state index contributed by atoms with van der Waals surface area (Å²) in [5.41, 5.74) is 3.89. The summed E-state index contributed by atoms with van der Waals surface area (Å²) in [6.07, 6.45) is 1.88. The second-order valence-corrected chi connectivity index (χ2v) is 7.85. The van der Waals surface area contributed by atoms with Gasteiger partial charge in [-0.15, -0.1) is 5.11 Å². The van der Waals surface area contributed by atoms with Crippen molar-refractivity contribution in [3.05, 3.63) is 69.3 Å². The van der Waals surface area contributed by atoms with Crippen molar-refractivity contribution in [1.82, 2.24) is 8.86 Å². The quantitative estimate of drug-likeness (QED) is 0.582. The number of phenolic OH excluding ortho intramolecular Hbond substituents is 1. The van der Waals surface area contributed by atoms with Crippen LogP contribution >= 0.6 is 11.5 Å². The summed E-state index contributed by atoms with van der Waals surface area (Å²) in [7, 11) is 4.10. The maximum atomic E-state index is 12.1. The number of hydrogen-bond acceptors (Lipinski definition) is 6. The highest BCUT2D eigenvalue weighted by molar-refractivity contribution is 7.04. The number of azo groups is 1. The number of phenols is 1. The van der Waals surface area contributed by atoms with Gasteiger partial charge in [0.25, 0.3) is 5.56 Å². The largest absolute Gasteiger partial charge is 0.506 e. The summed E-state index contributed by atoms with van der Waals surface area (Å²) in [4.78, 5) is 14.2. The van der Waals surface area contributed by atoms with E-state index in [-0.39, 0.29) is 11.3 Å². The van der Waals surface area contributed by atoms with E-state index in [0.717, 1.165) is 36.2 Å². The predicted molar refractivity (Wildman–Crippen MR) is 114 cm³/mol. The van der Waals surface area contributed by atoms with Gasteiger partial charge in [-0.25, -0.2) is 3.96 Å². The standard InChI is InChI=1S/C21H24N4O2S/c1-15-6-7-20(26)19(11-15)23-22-17-12-16(5-4-9-24(2)3)13-18(14-17)25-21(27)8-10-28-25/h6-8,10-14,26H,4-5,9H2,1-3H3. The summed E-state index contributed by atoms with van der Waals surface area (Å²) < 4.78 is 1.64. The molecule has 28 heavy (non-hydrogen) atoms. The van der Waals surface area contributed by atoms with Gasteiger partial charge in [0.05, 0.1) is 11.4 Å². The Bertz CT molecular complexity index is 1040. The molecule has 0 aliphatic rings. The van der Waals surface area contributed by atoms with E-state index in [1.807, 2.05) is 31.2 Å². The summed E-state index contributed by atoms with van der Waals surface area (Å²) in [5.74, 6) is 0.0891. The van der Waals surface area contributed by atoms with Crippen LogP contribution in [0, 0.1) is 6.92 Å². The highest BCUT2D eigenvalue weighted by atomic mass is 32.1. The molecule has 0 saturated carbocycles. The molecule has 0 fully saturated rings.